The van der Waals surface area contributed by atoms with Crippen LogP contribution in [0, 0.1) is 11.8 Å². The molecule has 19 heavy (non-hydrogen) atoms. The van der Waals surface area contributed by atoms with Crippen LogP contribution in [0.4, 0.5) is 5.82 Å². The second-order valence-electron chi connectivity index (χ2n) is 5.97. The van der Waals surface area contributed by atoms with Crippen LogP contribution in [0.5, 0.6) is 0 Å². The summed E-state index contributed by atoms with van der Waals surface area (Å²) in [6, 6.07) is 4.22. The first kappa shape index (κ1) is 14.3. The number of aromatic nitrogens is 1. The number of nitrogens with zero attached hydrogens (tertiary/aromatic N) is 2. The number of hydrogen-bond donors (Lipinski definition) is 1. The molecule has 0 bridgehead atoms. The van der Waals surface area contributed by atoms with Crippen molar-refractivity contribution >= 4 is 5.82 Å². The van der Waals surface area contributed by atoms with E-state index < -0.39 is 0 Å². The Morgan fingerprint density at radius 3 is 2.95 bits per heavy atom. The normalized spacial score (nSPS) is 21.4. The summed E-state index contributed by atoms with van der Waals surface area (Å²) in [6.07, 6.45) is 5.91. The van der Waals surface area contributed by atoms with Crippen LogP contribution >= 0.6 is 0 Å². The van der Waals surface area contributed by atoms with Gasteiger partial charge < -0.3 is 5.32 Å². The number of rotatable bonds is 4. The molecule has 0 aliphatic carbocycles. The van der Waals surface area contributed by atoms with Crippen molar-refractivity contribution in [3.05, 3.63) is 23.9 Å². The Morgan fingerprint density at radius 1 is 1.37 bits per heavy atom. The fraction of sp³-hybridized carbons (Fsp3) is 0.688. The van der Waals surface area contributed by atoms with Gasteiger partial charge in [0.15, 0.2) is 0 Å². The van der Waals surface area contributed by atoms with Crippen LogP contribution in [-0.4, -0.2) is 30.0 Å². The van der Waals surface area contributed by atoms with Gasteiger partial charge in [-0.15, -0.1) is 0 Å². The van der Waals surface area contributed by atoms with Crippen molar-refractivity contribution in [1.29, 1.82) is 0 Å². The minimum absolute atomic E-state index is 0.825. The summed E-state index contributed by atoms with van der Waals surface area (Å²) in [4.78, 5) is 6.98. The molecule has 1 unspecified atom stereocenters. The van der Waals surface area contributed by atoms with E-state index in [-0.39, 0.29) is 0 Å². The molecule has 1 atom stereocenters. The molecule has 3 nitrogen and oxygen atoms in total. The predicted molar refractivity (Wildman–Crippen MR) is 81.2 cm³/mol. The Bertz CT molecular complexity index is 389. The maximum atomic E-state index is 4.39. The number of nitrogens with one attached hydrogen (secondary N) is 1. The van der Waals surface area contributed by atoms with E-state index in [4.69, 9.17) is 0 Å². The highest BCUT2D eigenvalue weighted by molar-refractivity contribution is 5.42. The molecule has 0 aromatic carbocycles. The van der Waals surface area contributed by atoms with Gasteiger partial charge in [0.05, 0.1) is 0 Å². The number of pyridine rings is 1. The standard InChI is InChI=1S/C16H27N3/c1-13(2)14-7-5-10-19(11-8-14)12-15-6-4-9-18-16(15)17-3/h4,6,9,13-14H,5,7-8,10-12H2,1-3H3,(H,17,18). The summed E-state index contributed by atoms with van der Waals surface area (Å²) in [6.45, 7) is 8.19. The van der Waals surface area contributed by atoms with E-state index >= 15 is 0 Å². The lowest BCUT2D eigenvalue weighted by atomic mass is 9.89. The molecule has 2 heterocycles. The highest BCUT2D eigenvalue weighted by atomic mass is 15.1. The number of anilines is 1. The number of hydrogen-bond acceptors (Lipinski definition) is 3. The quantitative estimate of drug-likeness (QED) is 0.900. The van der Waals surface area contributed by atoms with Crippen molar-refractivity contribution in [1.82, 2.24) is 9.88 Å². The summed E-state index contributed by atoms with van der Waals surface area (Å²) >= 11 is 0. The molecular formula is C16H27N3. The molecule has 0 saturated carbocycles. The van der Waals surface area contributed by atoms with Crippen LogP contribution in [0.25, 0.3) is 0 Å². The van der Waals surface area contributed by atoms with Gasteiger partial charge in [0.1, 0.15) is 5.82 Å². The van der Waals surface area contributed by atoms with E-state index in [9.17, 15) is 0 Å². The third-order valence-corrected chi connectivity index (χ3v) is 4.33. The molecule has 1 aromatic heterocycles. The zero-order chi connectivity index (χ0) is 13.7. The molecule has 1 aliphatic heterocycles. The first-order chi connectivity index (χ1) is 9.20. The van der Waals surface area contributed by atoms with Crippen molar-refractivity contribution in [2.24, 2.45) is 11.8 Å². The van der Waals surface area contributed by atoms with Gasteiger partial charge in [-0.1, -0.05) is 19.9 Å². The Morgan fingerprint density at radius 2 is 2.21 bits per heavy atom. The monoisotopic (exact) mass is 261 g/mol. The van der Waals surface area contributed by atoms with Crippen LogP contribution < -0.4 is 5.32 Å². The van der Waals surface area contributed by atoms with Crippen LogP contribution in [-0.2, 0) is 6.54 Å². The third-order valence-electron chi connectivity index (χ3n) is 4.33. The fourth-order valence-electron chi connectivity index (χ4n) is 3.04. The van der Waals surface area contributed by atoms with Crippen molar-refractivity contribution in [3.63, 3.8) is 0 Å². The van der Waals surface area contributed by atoms with E-state index in [1.165, 1.54) is 37.9 Å². The second kappa shape index (κ2) is 6.90. The van der Waals surface area contributed by atoms with Crippen LogP contribution in [0.1, 0.15) is 38.7 Å². The molecule has 1 aromatic rings. The zero-order valence-electron chi connectivity index (χ0n) is 12.5. The van der Waals surface area contributed by atoms with E-state index in [1.807, 2.05) is 19.3 Å². The average Bonchev–Trinajstić information content (AvgIpc) is 2.65. The molecule has 1 fully saturated rings. The van der Waals surface area contributed by atoms with Gasteiger partial charge >= 0.3 is 0 Å². The fourth-order valence-corrected chi connectivity index (χ4v) is 3.04. The molecule has 2 rings (SSSR count). The molecule has 1 N–H and O–H groups in total. The summed E-state index contributed by atoms with van der Waals surface area (Å²) in [5.41, 5.74) is 1.31. The van der Waals surface area contributed by atoms with Gasteiger partial charge in [-0.25, -0.2) is 4.98 Å². The number of likely N-dealkylation sites (tertiary alicyclic amines) is 1. The maximum Gasteiger partial charge on any atom is 0.130 e. The van der Waals surface area contributed by atoms with E-state index in [1.54, 1.807) is 0 Å². The molecular weight excluding hydrogens is 234 g/mol. The second-order valence-corrected chi connectivity index (χ2v) is 5.97. The van der Waals surface area contributed by atoms with Gasteiger partial charge in [0.25, 0.3) is 0 Å². The van der Waals surface area contributed by atoms with Crippen LogP contribution in [0.3, 0.4) is 0 Å². The van der Waals surface area contributed by atoms with Gasteiger partial charge in [-0.05, 0) is 50.3 Å². The van der Waals surface area contributed by atoms with Gasteiger partial charge in [-0.3, -0.25) is 4.90 Å². The highest BCUT2D eigenvalue weighted by Gasteiger charge is 2.19. The Hall–Kier alpha value is -1.09. The van der Waals surface area contributed by atoms with Crippen molar-refractivity contribution in [2.75, 3.05) is 25.5 Å². The first-order valence-electron chi connectivity index (χ1n) is 7.54. The van der Waals surface area contributed by atoms with Crippen molar-refractivity contribution in [2.45, 2.75) is 39.7 Å². The molecule has 3 heteroatoms. The first-order valence-corrected chi connectivity index (χ1v) is 7.54. The summed E-state index contributed by atoms with van der Waals surface area (Å²) in [5, 5.41) is 3.19. The predicted octanol–water partition coefficient (Wildman–Crippen LogP) is 3.38. The molecule has 1 saturated heterocycles. The Labute approximate surface area is 117 Å². The van der Waals surface area contributed by atoms with Crippen LogP contribution in [0.2, 0.25) is 0 Å². The lowest BCUT2D eigenvalue weighted by Crippen LogP contribution is -2.25. The molecule has 106 valence electrons. The summed E-state index contributed by atoms with van der Waals surface area (Å²) in [7, 11) is 1.95. The molecule has 1 aliphatic rings. The van der Waals surface area contributed by atoms with Crippen molar-refractivity contribution < 1.29 is 0 Å². The topological polar surface area (TPSA) is 28.2 Å². The lowest BCUT2D eigenvalue weighted by Gasteiger charge is -2.22. The smallest absolute Gasteiger partial charge is 0.130 e. The van der Waals surface area contributed by atoms with Gasteiger partial charge in [0, 0.05) is 25.4 Å². The van der Waals surface area contributed by atoms with E-state index in [0.717, 1.165) is 24.2 Å². The SMILES string of the molecule is CNc1ncccc1CN1CCCC(C(C)C)CC1. The van der Waals surface area contributed by atoms with Crippen molar-refractivity contribution in [3.8, 4) is 0 Å². The third kappa shape index (κ3) is 3.93. The largest absolute Gasteiger partial charge is 0.373 e. The minimum atomic E-state index is 0.825. The van der Waals surface area contributed by atoms with Crippen LogP contribution in [0.15, 0.2) is 18.3 Å². The summed E-state index contributed by atoms with van der Waals surface area (Å²) in [5.74, 6) is 2.75. The van der Waals surface area contributed by atoms with E-state index in [0.29, 0.717) is 0 Å². The molecule has 0 spiro atoms. The maximum absolute atomic E-state index is 4.39. The lowest BCUT2D eigenvalue weighted by molar-refractivity contribution is 0.265. The van der Waals surface area contributed by atoms with Gasteiger partial charge in [-0.2, -0.15) is 0 Å². The van der Waals surface area contributed by atoms with E-state index in [2.05, 4.69) is 35.1 Å². The minimum Gasteiger partial charge on any atom is -0.373 e. The molecule has 0 radical (unpaired) electrons. The zero-order valence-corrected chi connectivity index (χ0v) is 12.5. The summed E-state index contributed by atoms with van der Waals surface area (Å²) < 4.78 is 0. The Kier molecular flexibility index (Phi) is 5.20. The molecule has 0 amide bonds. The average molecular weight is 261 g/mol. The van der Waals surface area contributed by atoms with Gasteiger partial charge in [0.2, 0.25) is 0 Å². The Balaban J connectivity index is 1.96. The highest BCUT2D eigenvalue weighted by Crippen LogP contribution is 2.25.